The van der Waals surface area contributed by atoms with Gasteiger partial charge in [0, 0.05) is 35.9 Å². The van der Waals surface area contributed by atoms with Crippen LogP contribution in [0.15, 0.2) is 24.5 Å². The molecule has 0 spiro atoms. The van der Waals surface area contributed by atoms with Crippen molar-refractivity contribution in [2.24, 2.45) is 0 Å². The highest BCUT2D eigenvalue weighted by molar-refractivity contribution is 5.87. The fourth-order valence-electron chi connectivity index (χ4n) is 4.52. The zero-order valence-corrected chi connectivity index (χ0v) is 19.3. The van der Waals surface area contributed by atoms with Gasteiger partial charge in [0.15, 0.2) is 17.3 Å². The number of hydrogen-bond donors (Lipinski definition) is 0. The van der Waals surface area contributed by atoms with E-state index in [0.29, 0.717) is 54.4 Å². The minimum atomic E-state index is -1.26. The molecule has 1 aliphatic heterocycles. The van der Waals surface area contributed by atoms with Crippen LogP contribution in [-0.2, 0) is 4.74 Å². The van der Waals surface area contributed by atoms with Gasteiger partial charge in [0.05, 0.1) is 29.7 Å². The smallest absolute Gasteiger partial charge is 0.182 e. The van der Waals surface area contributed by atoms with Gasteiger partial charge in [-0.3, -0.25) is 4.68 Å². The Morgan fingerprint density at radius 3 is 2.49 bits per heavy atom. The summed E-state index contributed by atoms with van der Waals surface area (Å²) in [5.41, 5.74) is 2.76. The second-order valence-corrected chi connectivity index (χ2v) is 9.31. The lowest BCUT2D eigenvalue weighted by molar-refractivity contribution is 0.00396. The van der Waals surface area contributed by atoms with Crippen molar-refractivity contribution in [3.63, 3.8) is 0 Å². The van der Waals surface area contributed by atoms with Crippen molar-refractivity contribution < 1.29 is 17.9 Å². The lowest BCUT2D eigenvalue weighted by Gasteiger charge is -2.28. The third-order valence-electron chi connectivity index (χ3n) is 6.79. The van der Waals surface area contributed by atoms with Gasteiger partial charge < -0.3 is 4.74 Å². The highest BCUT2D eigenvalue weighted by atomic mass is 19.2. The van der Waals surface area contributed by atoms with Gasteiger partial charge in [-0.25, -0.2) is 33.1 Å². The minimum Gasteiger partial charge on any atom is -0.373 e. The van der Waals surface area contributed by atoms with Gasteiger partial charge in [-0.05, 0) is 45.6 Å². The van der Waals surface area contributed by atoms with Gasteiger partial charge in [-0.15, -0.1) is 0 Å². The Hall–Kier alpha value is -3.40. The van der Waals surface area contributed by atoms with Crippen molar-refractivity contribution in [1.82, 2.24) is 29.7 Å². The molecule has 1 saturated carbocycles. The van der Waals surface area contributed by atoms with Crippen LogP contribution in [0.25, 0.3) is 22.4 Å². The number of benzene rings is 1. The standard InChI is InChI=1S/C25H23F3N6O/c1-12-13(2)31-25-23(30-12)22(17-8-19(27)20(28)9-18(17)26)32-24(33-25)14-5-6-35-21(7-14)15-10-29-34(11-15)16-3-4-16/h8-11,14,16,21H,3-7H2,1-2H3/t14-,21+/m1/s1. The van der Waals surface area contributed by atoms with E-state index in [9.17, 15) is 13.2 Å². The average molecular weight is 480 g/mol. The molecule has 35 heavy (non-hydrogen) atoms. The van der Waals surface area contributed by atoms with E-state index in [0.717, 1.165) is 24.5 Å². The lowest BCUT2D eigenvalue weighted by atomic mass is 9.92. The molecular formula is C25H23F3N6O. The quantitative estimate of drug-likeness (QED) is 0.370. The van der Waals surface area contributed by atoms with Crippen molar-refractivity contribution >= 4 is 11.2 Å². The molecule has 2 fully saturated rings. The third kappa shape index (κ3) is 4.05. The van der Waals surface area contributed by atoms with Gasteiger partial charge in [-0.2, -0.15) is 5.10 Å². The zero-order chi connectivity index (χ0) is 24.3. The van der Waals surface area contributed by atoms with E-state index in [4.69, 9.17) is 4.74 Å². The average Bonchev–Trinajstić information content (AvgIpc) is 3.58. The second-order valence-electron chi connectivity index (χ2n) is 9.31. The summed E-state index contributed by atoms with van der Waals surface area (Å²) in [5.74, 6) is -2.99. The summed E-state index contributed by atoms with van der Waals surface area (Å²) in [6.45, 7) is 4.08. The van der Waals surface area contributed by atoms with Crippen molar-refractivity contribution in [1.29, 1.82) is 0 Å². The molecule has 4 aromatic rings. The molecule has 6 rings (SSSR count). The summed E-state index contributed by atoms with van der Waals surface area (Å²) in [5, 5.41) is 4.47. The van der Waals surface area contributed by atoms with Gasteiger partial charge >= 0.3 is 0 Å². The van der Waals surface area contributed by atoms with Crippen LogP contribution < -0.4 is 0 Å². The van der Waals surface area contributed by atoms with Crippen LogP contribution in [0, 0.1) is 31.3 Å². The summed E-state index contributed by atoms with van der Waals surface area (Å²) in [7, 11) is 0. The Bertz CT molecular complexity index is 1450. The molecule has 0 unspecified atom stereocenters. The first-order valence-corrected chi connectivity index (χ1v) is 11.7. The van der Waals surface area contributed by atoms with Crippen LogP contribution in [0.3, 0.4) is 0 Å². The molecule has 0 bridgehead atoms. The lowest BCUT2D eigenvalue weighted by Crippen LogP contribution is -2.20. The summed E-state index contributed by atoms with van der Waals surface area (Å²) in [6.07, 6.45) is 7.26. The van der Waals surface area contributed by atoms with E-state index in [1.54, 1.807) is 6.92 Å². The second kappa shape index (κ2) is 8.37. The number of nitrogens with zero attached hydrogens (tertiary/aromatic N) is 6. The molecule has 4 heterocycles. The van der Waals surface area contributed by atoms with Crippen molar-refractivity contribution in [2.45, 2.75) is 57.6 Å². The molecule has 7 nitrogen and oxygen atoms in total. The number of ether oxygens (including phenoxy) is 1. The highest BCUT2D eigenvalue weighted by Crippen LogP contribution is 2.40. The maximum atomic E-state index is 14.8. The predicted octanol–water partition coefficient (Wildman–Crippen LogP) is 5.29. The van der Waals surface area contributed by atoms with Crippen LogP contribution in [0.2, 0.25) is 0 Å². The molecule has 10 heteroatoms. The maximum absolute atomic E-state index is 14.8. The third-order valence-corrected chi connectivity index (χ3v) is 6.79. The normalized spacial score (nSPS) is 20.5. The van der Waals surface area contributed by atoms with E-state index in [-0.39, 0.29) is 28.8 Å². The van der Waals surface area contributed by atoms with Crippen molar-refractivity contribution in [3.8, 4) is 11.3 Å². The highest BCUT2D eigenvalue weighted by Gasteiger charge is 2.31. The van der Waals surface area contributed by atoms with E-state index >= 15 is 0 Å². The van der Waals surface area contributed by atoms with E-state index in [1.807, 2.05) is 24.0 Å². The monoisotopic (exact) mass is 480 g/mol. The van der Waals surface area contributed by atoms with Crippen LogP contribution in [0.5, 0.6) is 0 Å². The number of rotatable bonds is 4. The Balaban J connectivity index is 1.43. The van der Waals surface area contributed by atoms with E-state index < -0.39 is 17.5 Å². The van der Waals surface area contributed by atoms with Crippen molar-refractivity contribution in [2.75, 3.05) is 6.61 Å². The topological polar surface area (TPSA) is 78.6 Å². The molecular weight excluding hydrogens is 457 g/mol. The molecule has 2 aliphatic rings. The Kier molecular flexibility index (Phi) is 5.28. The van der Waals surface area contributed by atoms with Gasteiger partial charge in [0.1, 0.15) is 22.9 Å². The molecule has 3 aromatic heterocycles. The summed E-state index contributed by atoms with van der Waals surface area (Å²) in [6, 6.07) is 1.81. The summed E-state index contributed by atoms with van der Waals surface area (Å²) in [4.78, 5) is 18.4. The minimum absolute atomic E-state index is 0.0987. The van der Waals surface area contributed by atoms with E-state index in [2.05, 4.69) is 25.0 Å². The van der Waals surface area contributed by atoms with E-state index in [1.165, 1.54) is 0 Å². The van der Waals surface area contributed by atoms with Crippen LogP contribution in [0.1, 0.15) is 66.5 Å². The molecule has 1 saturated heterocycles. The SMILES string of the molecule is Cc1nc2nc([C@@H]3CCO[C@H](c4cnn(C5CC5)c4)C3)nc(-c3cc(F)c(F)cc3F)c2nc1C. The number of aryl methyl sites for hydroxylation is 2. The fourth-order valence-corrected chi connectivity index (χ4v) is 4.52. The zero-order valence-electron chi connectivity index (χ0n) is 19.3. The molecule has 0 N–H and O–H groups in total. The molecule has 0 radical (unpaired) electrons. The summed E-state index contributed by atoms with van der Waals surface area (Å²) < 4.78 is 50.6. The Morgan fingerprint density at radius 1 is 0.914 bits per heavy atom. The number of halogens is 3. The Labute approximate surface area is 199 Å². The molecule has 1 aromatic carbocycles. The molecule has 180 valence electrons. The fraction of sp³-hybridized carbons (Fsp3) is 0.400. The summed E-state index contributed by atoms with van der Waals surface area (Å²) >= 11 is 0. The van der Waals surface area contributed by atoms with Gasteiger partial charge in [0.25, 0.3) is 0 Å². The first kappa shape index (κ1) is 22.1. The largest absolute Gasteiger partial charge is 0.373 e. The number of fused-ring (bicyclic) bond motifs is 1. The van der Waals surface area contributed by atoms with Gasteiger partial charge in [0.2, 0.25) is 0 Å². The molecule has 1 aliphatic carbocycles. The van der Waals surface area contributed by atoms with Crippen LogP contribution in [-0.4, -0.2) is 36.3 Å². The molecule has 2 atom stereocenters. The predicted molar refractivity (Wildman–Crippen MR) is 121 cm³/mol. The van der Waals surface area contributed by atoms with Crippen molar-refractivity contribution in [3.05, 3.63) is 64.8 Å². The first-order valence-electron chi connectivity index (χ1n) is 11.7. The number of hydrogen-bond acceptors (Lipinski definition) is 6. The maximum Gasteiger partial charge on any atom is 0.182 e. The van der Waals surface area contributed by atoms with Crippen LogP contribution >= 0.6 is 0 Å². The van der Waals surface area contributed by atoms with Crippen LogP contribution in [0.4, 0.5) is 13.2 Å². The Morgan fingerprint density at radius 2 is 1.69 bits per heavy atom. The number of aromatic nitrogens is 6. The first-order chi connectivity index (χ1) is 16.9. The van der Waals surface area contributed by atoms with Gasteiger partial charge in [-0.1, -0.05) is 0 Å². The molecule has 0 amide bonds.